The molecule has 1 aromatic rings. The molecule has 2 heteroatoms. The lowest BCUT2D eigenvalue weighted by atomic mass is 10.2. The molecule has 0 aliphatic heterocycles. The molecular weight excluding hydrogens is 153 g/mol. The Morgan fingerprint density at radius 1 is 1.33 bits per heavy atom. The molecule has 0 atom stereocenters. The predicted molar refractivity (Wildman–Crippen MR) is 47.6 cm³/mol. The highest BCUT2D eigenvalue weighted by atomic mass is 19.1. The van der Waals surface area contributed by atoms with Gasteiger partial charge in [0, 0.05) is 6.54 Å². The summed E-state index contributed by atoms with van der Waals surface area (Å²) in [4.78, 5) is 0. The van der Waals surface area contributed by atoms with Crippen LogP contribution in [0.5, 0.6) is 0 Å². The maximum Gasteiger partial charge on any atom is 0.0906 e. The van der Waals surface area contributed by atoms with Crippen molar-refractivity contribution < 1.29 is 4.39 Å². The van der Waals surface area contributed by atoms with Gasteiger partial charge >= 0.3 is 0 Å². The number of nitrogens with one attached hydrogen (secondary N) is 1. The summed E-state index contributed by atoms with van der Waals surface area (Å²) in [5.41, 5.74) is 1.22. The molecule has 0 saturated carbocycles. The number of rotatable bonds is 5. The van der Waals surface area contributed by atoms with Gasteiger partial charge in [-0.3, -0.25) is 4.39 Å². The van der Waals surface area contributed by atoms with Crippen LogP contribution in [-0.4, -0.2) is 13.2 Å². The third-order valence-electron chi connectivity index (χ3n) is 1.60. The molecule has 0 bridgehead atoms. The topological polar surface area (TPSA) is 12.0 Å². The number of alkyl halides is 1. The molecule has 1 radical (unpaired) electrons. The lowest BCUT2D eigenvalue weighted by Gasteiger charge is -2.01. The third-order valence-corrected chi connectivity index (χ3v) is 1.60. The molecule has 0 aliphatic rings. The molecule has 1 aromatic carbocycles. The third kappa shape index (κ3) is 3.49. The maximum absolute atomic E-state index is 11.7. The Kier molecular flexibility index (Phi) is 4.39. The van der Waals surface area contributed by atoms with Crippen LogP contribution in [0.4, 0.5) is 4.39 Å². The van der Waals surface area contributed by atoms with Crippen molar-refractivity contribution in [1.82, 2.24) is 5.32 Å². The molecular formula is C10H13FN. The lowest BCUT2D eigenvalue weighted by molar-refractivity contribution is 0.459. The summed E-state index contributed by atoms with van der Waals surface area (Å²) in [6.45, 7) is 1.32. The van der Waals surface area contributed by atoms with E-state index < -0.39 is 0 Å². The van der Waals surface area contributed by atoms with Gasteiger partial charge in [0.1, 0.15) is 0 Å². The number of hydrogen-bond acceptors (Lipinski definition) is 1. The van der Waals surface area contributed by atoms with Crippen molar-refractivity contribution in [3.8, 4) is 0 Å². The molecule has 0 fully saturated rings. The Morgan fingerprint density at radius 2 is 2.08 bits per heavy atom. The second kappa shape index (κ2) is 5.72. The molecule has 1 rings (SSSR count). The zero-order valence-corrected chi connectivity index (χ0v) is 7.02. The Morgan fingerprint density at radius 3 is 2.75 bits per heavy atom. The highest BCUT2D eigenvalue weighted by Gasteiger charge is 1.89. The summed E-state index contributed by atoms with van der Waals surface area (Å²) in [6.07, 6.45) is 0.596. The largest absolute Gasteiger partial charge is 0.313 e. The molecule has 65 valence electrons. The highest BCUT2D eigenvalue weighted by Crippen LogP contribution is 1.96. The van der Waals surface area contributed by atoms with Crippen LogP contribution in [0.3, 0.4) is 0 Å². The van der Waals surface area contributed by atoms with Gasteiger partial charge in [-0.2, -0.15) is 0 Å². The van der Waals surface area contributed by atoms with E-state index in [1.807, 2.05) is 24.3 Å². The number of benzene rings is 1. The summed E-state index contributed by atoms with van der Waals surface area (Å²) in [5.74, 6) is 0. The van der Waals surface area contributed by atoms with Gasteiger partial charge in [0.05, 0.1) is 6.67 Å². The summed E-state index contributed by atoms with van der Waals surface area (Å²) in [5, 5.41) is 3.15. The predicted octanol–water partition coefficient (Wildman–Crippen LogP) is 1.94. The summed E-state index contributed by atoms with van der Waals surface area (Å²) >= 11 is 0. The van der Waals surface area contributed by atoms with Crippen molar-refractivity contribution in [2.75, 3.05) is 13.2 Å². The van der Waals surface area contributed by atoms with Crippen molar-refractivity contribution in [2.24, 2.45) is 0 Å². The minimum atomic E-state index is -0.241. The Bertz CT molecular complexity index is 198. The van der Waals surface area contributed by atoms with Crippen molar-refractivity contribution >= 4 is 0 Å². The van der Waals surface area contributed by atoms with Crippen LogP contribution < -0.4 is 5.32 Å². The van der Waals surface area contributed by atoms with Gasteiger partial charge in [0.25, 0.3) is 0 Å². The van der Waals surface area contributed by atoms with Gasteiger partial charge in [-0.15, -0.1) is 0 Å². The monoisotopic (exact) mass is 166 g/mol. The fraction of sp³-hybridized carbons (Fsp3) is 0.400. The first-order valence-corrected chi connectivity index (χ1v) is 4.15. The number of halogens is 1. The summed E-state index contributed by atoms with van der Waals surface area (Å²) in [6, 6.07) is 10.7. The number of hydrogen-bond donors (Lipinski definition) is 1. The van der Waals surface area contributed by atoms with Gasteiger partial charge in [-0.1, -0.05) is 24.3 Å². The van der Waals surface area contributed by atoms with Crippen LogP contribution >= 0.6 is 0 Å². The highest BCUT2D eigenvalue weighted by molar-refractivity contribution is 5.13. The zero-order valence-electron chi connectivity index (χ0n) is 7.02. The van der Waals surface area contributed by atoms with E-state index in [-0.39, 0.29) is 6.67 Å². The lowest BCUT2D eigenvalue weighted by Crippen LogP contribution is -2.14. The first-order valence-electron chi connectivity index (χ1n) is 4.15. The van der Waals surface area contributed by atoms with E-state index in [9.17, 15) is 4.39 Å². The molecule has 1 N–H and O–H groups in total. The van der Waals surface area contributed by atoms with Gasteiger partial charge in [0.15, 0.2) is 0 Å². The Balaban J connectivity index is 2.16. The Hall–Kier alpha value is -0.890. The van der Waals surface area contributed by atoms with Crippen LogP contribution in [0, 0.1) is 6.07 Å². The van der Waals surface area contributed by atoms with E-state index in [2.05, 4.69) is 11.4 Å². The van der Waals surface area contributed by atoms with Crippen LogP contribution in [0.1, 0.15) is 12.0 Å². The second-order valence-electron chi connectivity index (χ2n) is 2.63. The zero-order chi connectivity index (χ0) is 8.65. The minimum Gasteiger partial charge on any atom is -0.313 e. The van der Waals surface area contributed by atoms with Gasteiger partial charge in [-0.05, 0) is 24.6 Å². The van der Waals surface area contributed by atoms with E-state index in [0.717, 1.165) is 13.1 Å². The minimum absolute atomic E-state index is 0.241. The standard InChI is InChI=1S/C10H13FN/c11-7-4-8-12-9-10-5-2-1-3-6-10/h2-3,5-6,12H,4,7-9H2. The smallest absolute Gasteiger partial charge is 0.0906 e. The van der Waals surface area contributed by atoms with E-state index in [4.69, 9.17) is 0 Å². The molecule has 1 nitrogen and oxygen atoms in total. The van der Waals surface area contributed by atoms with Crippen LogP contribution in [0.25, 0.3) is 0 Å². The normalized spacial score (nSPS) is 10.1. The van der Waals surface area contributed by atoms with Crippen molar-refractivity contribution in [1.29, 1.82) is 0 Å². The average molecular weight is 166 g/mol. The molecule has 0 heterocycles. The maximum atomic E-state index is 11.7. The fourth-order valence-corrected chi connectivity index (χ4v) is 0.964. The van der Waals surface area contributed by atoms with Crippen LogP contribution in [0.2, 0.25) is 0 Å². The van der Waals surface area contributed by atoms with Crippen molar-refractivity contribution in [3.05, 3.63) is 35.9 Å². The molecule has 0 saturated heterocycles. The first-order chi connectivity index (χ1) is 5.93. The first kappa shape index (κ1) is 9.20. The van der Waals surface area contributed by atoms with E-state index in [0.29, 0.717) is 6.42 Å². The average Bonchev–Trinajstić information content (AvgIpc) is 2.14. The van der Waals surface area contributed by atoms with E-state index in [1.54, 1.807) is 0 Å². The molecule has 0 spiro atoms. The molecule has 0 amide bonds. The SMILES string of the molecule is FCCCNCc1cc[c]cc1. The van der Waals surface area contributed by atoms with Crippen molar-refractivity contribution in [3.63, 3.8) is 0 Å². The van der Waals surface area contributed by atoms with Crippen LogP contribution in [0.15, 0.2) is 24.3 Å². The van der Waals surface area contributed by atoms with E-state index in [1.165, 1.54) is 5.56 Å². The van der Waals surface area contributed by atoms with Gasteiger partial charge in [0.2, 0.25) is 0 Å². The van der Waals surface area contributed by atoms with Gasteiger partial charge < -0.3 is 5.32 Å². The second-order valence-corrected chi connectivity index (χ2v) is 2.63. The van der Waals surface area contributed by atoms with Crippen molar-refractivity contribution in [2.45, 2.75) is 13.0 Å². The molecule has 0 aromatic heterocycles. The fourth-order valence-electron chi connectivity index (χ4n) is 0.964. The molecule has 12 heavy (non-hydrogen) atoms. The van der Waals surface area contributed by atoms with Crippen LogP contribution in [-0.2, 0) is 6.54 Å². The summed E-state index contributed by atoms with van der Waals surface area (Å²) in [7, 11) is 0. The quantitative estimate of drug-likeness (QED) is 0.659. The summed E-state index contributed by atoms with van der Waals surface area (Å²) < 4.78 is 11.7. The van der Waals surface area contributed by atoms with E-state index >= 15 is 0 Å². The molecule has 0 aliphatic carbocycles. The molecule has 0 unspecified atom stereocenters. The van der Waals surface area contributed by atoms with Gasteiger partial charge in [-0.25, -0.2) is 0 Å². The Labute approximate surface area is 72.6 Å².